The lowest BCUT2D eigenvalue weighted by Crippen LogP contribution is -2.42. The summed E-state index contributed by atoms with van der Waals surface area (Å²) in [7, 11) is -1.89. The first-order chi connectivity index (χ1) is 9.91. The number of aryl methyl sites for hydroxylation is 1. The van der Waals surface area contributed by atoms with Gasteiger partial charge >= 0.3 is 0 Å². The largest absolute Gasteiger partial charge is 0.338 e. The van der Waals surface area contributed by atoms with E-state index in [4.69, 9.17) is 0 Å². The number of carbonyl (C=O) groups excluding carboxylic acids is 1. The van der Waals surface area contributed by atoms with E-state index in [0.717, 1.165) is 24.0 Å². The first kappa shape index (κ1) is 16.0. The maximum Gasteiger partial charge on any atom is 0.227 e. The number of likely N-dealkylation sites (tertiary alicyclic amines) is 1. The number of hydrogen-bond donors (Lipinski definition) is 1. The lowest BCUT2D eigenvalue weighted by Gasteiger charge is -2.24. The standard InChI is InChI=1S/C15H22N2O3S/c1-12-5-7-13(8-6-12)10-15(18)17-9-3-4-14(17)11-21(19,20)16-2/h5-8,14,16H,3-4,9-11H2,1-2H3. The van der Waals surface area contributed by atoms with Crippen molar-refractivity contribution in [3.63, 3.8) is 0 Å². The summed E-state index contributed by atoms with van der Waals surface area (Å²) in [6, 6.07) is 7.65. The van der Waals surface area contributed by atoms with Gasteiger partial charge in [0.2, 0.25) is 15.9 Å². The van der Waals surface area contributed by atoms with Gasteiger partial charge in [0.15, 0.2) is 0 Å². The van der Waals surface area contributed by atoms with E-state index in [1.54, 1.807) is 4.90 Å². The maximum atomic E-state index is 12.4. The number of amides is 1. The van der Waals surface area contributed by atoms with E-state index >= 15 is 0 Å². The second-order valence-corrected chi connectivity index (χ2v) is 7.50. The highest BCUT2D eigenvalue weighted by Crippen LogP contribution is 2.20. The Morgan fingerprint density at radius 3 is 2.62 bits per heavy atom. The van der Waals surface area contributed by atoms with Crippen LogP contribution in [0.5, 0.6) is 0 Å². The summed E-state index contributed by atoms with van der Waals surface area (Å²) in [6.07, 6.45) is 1.94. The first-order valence-corrected chi connectivity index (χ1v) is 8.83. The Morgan fingerprint density at radius 2 is 2.00 bits per heavy atom. The van der Waals surface area contributed by atoms with Crippen molar-refractivity contribution >= 4 is 15.9 Å². The SMILES string of the molecule is CNS(=O)(=O)CC1CCCN1C(=O)Cc1ccc(C)cc1. The van der Waals surface area contributed by atoms with Crippen molar-refractivity contribution in [2.75, 3.05) is 19.3 Å². The summed E-state index contributed by atoms with van der Waals surface area (Å²) < 4.78 is 25.7. The van der Waals surface area contributed by atoms with Gasteiger partial charge in [0, 0.05) is 12.6 Å². The highest BCUT2D eigenvalue weighted by molar-refractivity contribution is 7.89. The third kappa shape index (κ3) is 4.28. The van der Waals surface area contributed by atoms with Gasteiger partial charge in [0.05, 0.1) is 12.2 Å². The van der Waals surface area contributed by atoms with Crippen molar-refractivity contribution in [1.82, 2.24) is 9.62 Å². The van der Waals surface area contributed by atoms with E-state index in [2.05, 4.69) is 4.72 Å². The van der Waals surface area contributed by atoms with Crippen LogP contribution < -0.4 is 4.72 Å². The van der Waals surface area contributed by atoms with Crippen molar-refractivity contribution in [3.05, 3.63) is 35.4 Å². The van der Waals surface area contributed by atoms with Crippen molar-refractivity contribution < 1.29 is 13.2 Å². The zero-order valence-electron chi connectivity index (χ0n) is 12.5. The maximum absolute atomic E-state index is 12.4. The molecule has 0 saturated carbocycles. The van der Waals surface area contributed by atoms with Crippen LogP contribution in [0.15, 0.2) is 24.3 Å². The van der Waals surface area contributed by atoms with Gasteiger partial charge in [-0.1, -0.05) is 29.8 Å². The highest BCUT2D eigenvalue weighted by atomic mass is 32.2. The highest BCUT2D eigenvalue weighted by Gasteiger charge is 2.31. The van der Waals surface area contributed by atoms with Crippen LogP contribution in [-0.2, 0) is 21.2 Å². The Morgan fingerprint density at radius 1 is 1.33 bits per heavy atom. The molecule has 0 spiro atoms. The van der Waals surface area contributed by atoms with Crippen molar-refractivity contribution in [3.8, 4) is 0 Å². The normalized spacial score (nSPS) is 19.0. The number of sulfonamides is 1. The van der Waals surface area contributed by atoms with Gasteiger partial charge < -0.3 is 4.90 Å². The molecule has 0 aliphatic carbocycles. The minimum absolute atomic E-state index is 0.00709. The Labute approximate surface area is 126 Å². The molecule has 6 heteroatoms. The Bertz CT molecular complexity index is 596. The molecule has 5 nitrogen and oxygen atoms in total. The summed E-state index contributed by atoms with van der Waals surface area (Å²) in [4.78, 5) is 14.1. The molecule has 0 radical (unpaired) electrons. The average molecular weight is 310 g/mol. The van der Waals surface area contributed by atoms with E-state index in [-0.39, 0.29) is 17.7 Å². The lowest BCUT2D eigenvalue weighted by molar-refractivity contribution is -0.130. The molecular weight excluding hydrogens is 288 g/mol. The molecule has 1 aliphatic rings. The van der Waals surface area contributed by atoms with Crippen molar-refractivity contribution in [1.29, 1.82) is 0 Å². The Balaban J connectivity index is 2.02. The number of benzene rings is 1. The molecule has 1 amide bonds. The van der Waals surface area contributed by atoms with Crippen LogP contribution in [0.3, 0.4) is 0 Å². The predicted molar refractivity (Wildman–Crippen MR) is 82.5 cm³/mol. The fraction of sp³-hybridized carbons (Fsp3) is 0.533. The van der Waals surface area contributed by atoms with E-state index in [1.807, 2.05) is 31.2 Å². The second-order valence-electron chi connectivity index (χ2n) is 5.53. The van der Waals surface area contributed by atoms with E-state index in [9.17, 15) is 13.2 Å². The summed E-state index contributed by atoms with van der Waals surface area (Å²) >= 11 is 0. The molecule has 1 unspecified atom stereocenters. The second kappa shape index (κ2) is 6.58. The zero-order valence-corrected chi connectivity index (χ0v) is 13.3. The van der Waals surface area contributed by atoms with Crippen LogP contribution in [0.1, 0.15) is 24.0 Å². The quantitative estimate of drug-likeness (QED) is 0.885. The third-order valence-electron chi connectivity index (χ3n) is 3.90. The van der Waals surface area contributed by atoms with E-state index in [0.29, 0.717) is 13.0 Å². The summed E-state index contributed by atoms with van der Waals surface area (Å²) in [5, 5.41) is 0. The van der Waals surface area contributed by atoms with Crippen molar-refractivity contribution in [2.24, 2.45) is 0 Å². The average Bonchev–Trinajstić information content (AvgIpc) is 2.89. The van der Waals surface area contributed by atoms with Crippen molar-refractivity contribution in [2.45, 2.75) is 32.2 Å². The van der Waals surface area contributed by atoms with Gasteiger partial charge in [-0.15, -0.1) is 0 Å². The zero-order chi connectivity index (χ0) is 15.5. The molecule has 1 saturated heterocycles. The van der Waals surface area contributed by atoms with Crippen LogP contribution >= 0.6 is 0 Å². The topological polar surface area (TPSA) is 66.5 Å². The summed E-state index contributed by atoms with van der Waals surface area (Å²) in [5.74, 6) is -0.00369. The van der Waals surface area contributed by atoms with Crippen LogP contribution in [0.4, 0.5) is 0 Å². The number of rotatable bonds is 5. The fourth-order valence-electron chi connectivity index (χ4n) is 2.66. The van der Waals surface area contributed by atoms with Gasteiger partial charge in [0.25, 0.3) is 0 Å². The molecule has 1 N–H and O–H groups in total. The molecule has 1 heterocycles. The smallest absolute Gasteiger partial charge is 0.227 e. The Hall–Kier alpha value is -1.40. The molecule has 1 aromatic carbocycles. The number of nitrogens with zero attached hydrogens (tertiary/aromatic N) is 1. The van der Waals surface area contributed by atoms with Crippen LogP contribution in [-0.4, -0.2) is 44.6 Å². The number of nitrogens with one attached hydrogen (secondary N) is 1. The van der Waals surface area contributed by atoms with Gasteiger partial charge in [-0.05, 0) is 32.4 Å². The fourth-order valence-corrected chi connectivity index (χ4v) is 3.68. The Kier molecular flexibility index (Phi) is 5.00. The molecule has 1 atom stereocenters. The van der Waals surface area contributed by atoms with E-state index < -0.39 is 10.0 Å². The van der Waals surface area contributed by atoms with Crippen LogP contribution in [0.2, 0.25) is 0 Å². The molecule has 2 rings (SSSR count). The van der Waals surface area contributed by atoms with Gasteiger partial charge in [0.1, 0.15) is 0 Å². The first-order valence-electron chi connectivity index (χ1n) is 7.17. The molecular formula is C15H22N2O3S. The molecule has 0 aromatic heterocycles. The summed E-state index contributed by atoms with van der Waals surface area (Å²) in [6.45, 7) is 2.65. The van der Waals surface area contributed by atoms with Gasteiger partial charge in [-0.2, -0.15) is 0 Å². The molecule has 0 bridgehead atoms. The minimum atomic E-state index is -3.29. The number of carbonyl (C=O) groups is 1. The van der Waals surface area contributed by atoms with E-state index in [1.165, 1.54) is 7.05 Å². The molecule has 21 heavy (non-hydrogen) atoms. The number of hydrogen-bond acceptors (Lipinski definition) is 3. The third-order valence-corrected chi connectivity index (χ3v) is 5.34. The molecule has 116 valence electrons. The van der Waals surface area contributed by atoms with Crippen LogP contribution in [0, 0.1) is 6.92 Å². The van der Waals surface area contributed by atoms with Gasteiger partial charge in [-0.25, -0.2) is 13.1 Å². The monoisotopic (exact) mass is 310 g/mol. The predicted octanol–water partition coefficient (Wildman–Crippen LogP) is 1.08. The molecule has 1 fully saturated rings. The minimum Gasteiger partial charge on any atom is -0.338 e. The van der Waals surface area contributed by atoms with Gasteiger partial charge in [-0.3, -0.25) is 4.79 Å². The molecule has 1 aliphatic heterocycles. The molecule has 1 aromatic rings. The summed E-state index contributed by atoms with van der Waals surface area (Å²) in [5.41, 5.74) is 2.12. The lowest BCUT2D eigenvalue weighted by atomic mass is 10.1. The van der Waals surface area contributed by atoms with Crippen LogP contribution in [0.25, 0.3) is 0 Å².